The number of aliphatic carboxylic acids is 1. The standard InChI is InChI=1S/C20H14O4/c21-18(22)8-11-5-6-14-15(7-11)20(24)17-10-13-4-2-1-3-12(13)9-16(17)19(14)23/h1-7,9-10,14-15H,8H2,(H,21,22). The SMILES string of the molecule is O=C(O)CC1=CC2C(=O)c3cc4ccccc4cc3C(=O)C2C=C1. The lowest BCUT2D eigenvalue weighted by atomic mass is 9.70. The highest BCUT2D eigenvalue weighted by molar-refractivity contribution is 6.19. The molecule has 2 atom stereocenters. The van der Waals surface area contributed by atoms with E-state index in [1.165, 1.54) is 0 Å². The van der Waals surface area contributed by atoms with Gasteiger partial charge in [-0.1, -0.05) is 42.5 Å². The Morgan fingerprint density at radius 3 is 2.12 bits per heavy atom. The lowest BCUT2D eigenvalue weighted by Crippen LogP contribution is -2.35. The first kappa shape index (κ1) is 14.6. The molecular weight excluding hydrogens is 304 g/mol. The Kier molecular flexibility index (Phi) is 3.20. The molecule has 0 spiro atoms. The van der Waals surface area contributed by atoms with E-state index in [0.29, 0.717) is 16.7 Å². The molecule has 118 valence electrons. The zero-order chi connectivity index (χ0) is 16.8. The minimum absolute atomic E-state index is 0.0813. The van der Waals surface area contributed by atoms with Crippen molar-refractivity contribution in [1.29, 1.82) is 0 Å². The normalized spacial score (nSPS) is 22.1. The molecule has 2 unspecified atom stereocenters. The van der Waals surface area contributed by atoms with E-state index in [1.54, 1.807) is 30.4 Å². The van der Waals surface area contributed by atoms with Crippen molar-refractivity contribution in [2.45, 2.75) is 6.42 Å². The number of fused-ring (bicyclic) bond motifs is 3. The molecule has 2 aromatic rings. The molecule has 4 nitrogen and oxygen atoms in total. The largest absolute Gasteiger partial charge is 0.481 e. The van der Waals surface area contributed by atoms with E-state index in [9.17, 15) is 14.4 Å². The summed E-state index contributed by atoms with van der Waals surface area (Å²) in [5, 5.41) is 10.8. The molecule has 0 heterocycles. The summed E-state index contributed by atoms with van der Waals surface area (Å²) < 4.78 is 0. The smallest absolute Gasteiger partial charge is 0.307 e. The predicted molar refractivity (Wildman–Crippen MR) is 89.1 cm³/mol. The number of allylic oxidation sites excluding steroid dienone is 3. The Morgan fingerprint density at radius 1 is 0.958 bits per heavy atom. The zero-order valence-electron chi connectivity index (χ0n) is 12.7. The van der Waals surface area contributed by atoms with Crippen LogP contribution in [-0.2, 0) is 4.79 Å². The molecule has 0 saturated heterocycles. The van der Waals surface area contributed by atoms with E-state index in [0.717, 1.165) is 10.8 Å². The van der Waals surface area contributed by atoms with Crippen LogP contribution in [0.4, 0.5) is 0 Å². The molecule has 0 aliphatic heterocycles. The van der Waals surface area contributed by atoms with Crippen LogP contribution in [0.5, 0.6) is 0 Å². The van der Waals surface area contributed by atoms with Gasteiger partial charge >= 0.3 is 5.97 Å². The maximum absolute atomic E-state index is 12.9. The number of ketones is 2. The van der Waals surface area contributed by atoms with Gasteiger partial charge in [-0.25, -0.2) is 0 Å². The Labute approximate surface area is 138 Å². The second kappa shape index (κ2) is 5.27. The summed E-state index contributed by atoms with van der Waals surface area (Å²) in [5.41, 5.74) is 1.45. The van der Waals surface area contributed by atoms with Gasteiger partial charge in [0.2, 0.25) is 0 Å². The average molecular weight is 318 g/mol. The highest BCUT2D eigenvalue weighted by atomic mass is 16.4. The van der Waals surface area contributed by atoms with E-state index in [1.807, 2.05) is 24.3 Å². The molecule has 0 aromatic heterocycles. The minimum atomic E-state index is -0.953. The lowest BCUT2D eigenvalue weighted by Gasteiger charge is -2.30. The van der Waals surface area contributed by atoms with Crippen molar-refractivity contribution in [2.75, 3.05) is 0 Å². The van der Waals surface area contributed by atoms with Gasteiger partial charge in [-0.05, 0) is 28.5 Å². The molecule has 1 N–H and O–H groups in total. The number of benzene rings is 2. The van der Waals surface area contributed by atoms with Crippen molar-refractivity contribution in [1.82, 2.24) is 0 Å². The van der Waals surface area contributed by atoms with Crippen LogP contribution < -0.4 is 0 Å². The third-order valence-corrected chi connectivity index (χ3v) is 4.68. The van der Waals surface area contributed by atoms with Crippen LogP contribution in [0.15, 0.2) is 60.2 Å². The van der Waals surface area contributed by atoms with Gasteiger partial charge in [0.15, 0.2) is 11.6 Å². The summed E-state index contributed by atoms with van der Waals surface area (Å²) in [7, 11) is 0. The molecule has 4 heteroatoms. The van der Waals surface area contributed by atoms with E-state index >= 15 is 0 Å². The fourth-order valence-electron chi connectivity index (χ4n) is 3.53. The van der Waals surface area contributed by atoms with E-state index in [2.05, 4.69) is 0 Å². The predicted octanol–water partition coefficient (Wildman–Crippen LogP) is 3.42. The second-order valence-electron chi connectivity index (χ2n) is 6.20. The van der Waals surface area contributed by atoms with Crippen LogP contribution in [0.1, 0.15) is 27.1 Å². The van der Waals surface area contributed by atoms with Gasteiger partial charge in [-0.15, -0.1) is 0 Å². The van der Waals surface area contributed by atoms with Crippen molar-refractivity contribution >= 4 is 28.3 Å². The van der Waals surface area contributed by atoms with Crippen molar-refractivity contribution in [2.24, 2.45) is 11.8 Å². The summed E-state index contributed by atoms with van der Waals surface area (Å²) >= 11 is 0. The van der Waals surface area contributed by atoms with Gasteiger partial charge in [0, 0.05) is 11.1 Å². The fourth-order valence-corrected chi connectivity index (χ4v) is 3.53. The van der Waals surface area contributed by atoms with Crippen LogP contribution in [0.25, 0.3) is 10.8 Å². The molecule has 0 amide bonds. The maximum atomic E-state index is 12.9. The van der Waals surface area contributed by atoms with E-state index < -0.39 is 17.8 Å². The fraction of sp³-hybridized carbons (Fsp3) is 0.150. The number of hydrogen-bond acceptors (Lipinski definition) is 3. The van der Waals surface area contributed by atoms with Crippen LogP contribution in [0, 0.1) is 11.8 Å². The van der Waals surface area contributed by atoms with Crippen molar-refractivity contribution in [3.63, 3.8) is 0 Å². The number of carbonyl (C=O) groups is 3. The Bertz CT molecular complexity index is 965. The Balaban J connectivity index is 1.84. The first-order valence-electron chi connectivity index (χ1n) is 7.76. The monoisotopic (exact) mass is 318 g/mol. The molecule has 2 aliphatic rings. The highest BCUT2D eigenvalue weighted by Crippen LogP contribution is 2.37. The van der Waals surface area contributed by atoms with Gasteiger partial charge in [0.05, 0.1) is 18.3 Å². The summed E-state index contributed by atoms with van der Waals surface area (Å²) in [6, 6.07) is 11.2. The number of carboxylic acids is 1. The van der Waals surface area contributed by atoms with Crippen LogP contribution in [0.2, 0.25) is 0 Å². The van der Waals surface area contributed by atoms with Crippen molar-refractivity contribution in [3.05, 3.63) is 71.3 Å². The summed E-state index contributed by atoms with van der Waals surface area (Å²) in [5.74, 6) is -2.30. The highest BCUT2D eigenvalue weighted by Gasteiger charge is 2.40. The molecule has 24 heavy (non-hydrogen) atoms. The molecule has 2 aliphatic carbocycles. The third kappa shape index (κ3) is 2.19. The molecule has 0 saturated carbocycles. The van der Waals surface area contributed by atoms with Crippen molar-refractivity contribution in [3.8, 4) is 0 Å². The number of Topliss-reactive ketones (excluding diaryl/α,β-unsaturated/α-hetero) is 2. The van der Waals surface area contributed by atoms with Gasteiger partial charge in [-0.3, -0.25) is 14.4 Å². The van der Waals surface area contributed by atoms with Gasteiger partial charge in [0.1, 0.15) is 0 Å². The first-order valence-corrected chi connectivity index (χ1v) is 7.76. The Hall–Kier alpha value is -3.01. The quantitative estimate of drug-likeness (QED) is 0.921. The minimum Gasteiger partial charge on any atom is -0.481 e. The van der Waals surface area contributed by atoms with E-state index in [4.69, 9.17) is 5.11 Å². The topological polar surface area (TPSA) is 71.4 Å². The molecule has 2 aromatic carbocycles. The van der Waals surface area contributed by atoms with E-state index in [-0.39, 0.29) is 18.0 Å². The molecular formula is C20H14O4. The van der Waals surface area contributed by atoms with Crippen LogP contribution in [0.3, 0.4) is 0 Å². The lowest BCUT2D eigenvalue weighted by molar-refractivity contribution is -0.136. The number of rotatable bonds is 2. The summed E-state index contributed by atoms with van der Waals surface area (Å²) in [4.78, 5) is 36.6. The molecule has 4 rings (SSSR count). The summed E-state index contributed by atoms with van der Waals surface area (Å²) in [6.07, 6.45) is 4.80. The number of hydrogen-bond donors (Lipinski definition) is 1. The molecule has 0 fully saturated rings. The Morgan fingerprint density at radius 2 is 1.54 bits per heavy atom. The zero-order valence-corrected chi connectivity index (χ0v) is 12.7. The number of carboxylic acid groups (broad SMARTS) is 1. The molecule has 0 bridgehead atoms. The van der Waals surface area contributed by atoms with Gasteiger partial charge in [0.25, 0.3) is 0 Å². The first-order chi connectivity index (χ1) is 11.5. The van der Waals surface area contributed by atoms with Crippen molar-refractivity contribution < 1.29 is 19.5 Å². The van der Waals surface area contributed by atoms with Gasteiger partial charge in [-0.2, -0.15) is 0 Å². The van der Waals surface area contributed by atoms with Gasteiger partial charge < -0.3 is 5.11 Å². The molecule has 0 radical (unpaired) electrons. The average Bonchev–Trinajstić information content (AvgIpc) is 2.58. The van der Waals surface area contributed by atoms with Crippen LogP contribution in [-0.4, -0.2) is 22.6 Å². The second-order valence-corrected chi connectivity index (χ2v) is 6.20. The summed E-state index contributed by atoms with van der Waals surface area (Å²) in [6.45, 7) is 0. The van der Waals surface area contributed by atoms with Crippen LogP contribution >= 0.6 is 0 Å². The number of carbonyl (C=O) groups excluding carboxylic acids is 2. The maximum Gasteiger partial charge on any atom is 0.307 e. The third-order valence-electron chi connectivity index (χ3n) is 4.68.